The van der Waals surface area contributed by atoms with Gasteiger partial charge in [-0.1, -0.05) is 30.3 Å². The summed E-state index contributed by atoms with van der Waals surface area (Å²) >= 11 is 1.47. The second-order valence-corrected chi connectivity index (χ2v) is 10.4. The van der Waals surface area contributed by atoms with Crippen molar-refractivity contribution in [2.75, 3.05) is 47.0 Å². The van der Waals surface area contributed by atoms with E-state index in [0.29, 0.717) is 29.5 Å². The van der Waals surface area contributed by atoms with Crippen LogP contribution in [0.2, 0.25) is 0 Å². The molecule has 1 aromatic heterocycles. The molecule has 1 fully saturated rings. The molecular weight excluding hydrogens is 446 g/mol. The van der Waals surface area contributed by atoms with Gasteiger partial charge in [0.05, 0.1) is 28.8 Å². The first kappa shape index (κ1) is 22.3. The Morgan fingerprint density at radius 1 is 1.03 bits per heavy atom. The number of anilines is 3. The maximum atomic E-state index is 13.0. The number of hydrogen-bond acceptors (Lipinski definition) is 6. The van der Waals surface area contributed by atoms with Gasteiger partial charge in [0, 0.05) is 30.0 Å². The Hall–Kier alpha value is -2.88. The minimum absolute atomic E-state index is 0.000904. The monoisotopic (exact) mass is 471 g/mol. The Balaban J connectivity index is 1.55. The lowest BCUT2D eigenvalue weighted by Gasteiger charge is -2.28. The van der Waals surface area contributed by atoms with Gasteiger partial charge in [-0.15, -0.1) is 11.3 Å². The molecule has 1 aliphatic rings. The van der Waals surface area contributed by atoms with Crippen LogP contribution >= 0.6 is 11.3 Å². The van der Waals surface area contributed by atoms with Crippen molar-refractivity contribution < 1.29 is 17.9 Å². The van der Waals surface area contributed by atoms with Crippen LogP contribution in [0.1, 0.15) is 16.6 Å². The maximum absolute atomic E-state index is 13.0. The van der Waals surface area contributed by atoms with Crippen LogP contribution < -0.4 is 14.9 Å². The minimum atomic E-state index is -3.34. The van der Waals surface area contributed by atoms with Crippen LogP contribution in [0.15, 0.2) is 60.7 Å². The number of hydrogen-bond donors (Lipinski definition) is 2. The summed E-state index contributed by atoms with van der Waals surface area (Å²) < 4.78 is 31.4. The highest BCUT2D eigenvalue weighted by atomic mass is 32.2. The number of rotatable bonds is 7. The van der Waals surface area contributed by atoms with E-state index < -0.39 is 10.0 Å². The summed E-state index contributed by atoms with van der Waals surface area (Å²) in [5.74, 6) is -0.201. The molecule has 0 atom stereocenters. The quantitative estimate of drug-likeness (QED) is 0.537. The van der Waals surface area contributed by atoms with Crippen molar-refractivity contribution in [1.29, 1.82) is 0 Å². The number of ether oxygens (including phenoxy) is 1. The van der Waals surface area contributed by atoms with Crippen LogP contribution in [-0.4, -0.2) is 46.4 Å². The van der Waals surface area contributed by atoms with Crippen LogP contribution in [0.25, 0.3) is 11.1 Å². The number of nitrogens with one attached hydrogen (secondary N) is 2. The van der Waals surface area contributed by atoms with Gasteiger partial charge >= 0.3 is 0 Å². The first-order valence-corrected chi connectivity index (χ1v) is 12.9. The zero-order valence-corrected chi connectivity index (χ0v) is 19.3. The van der Waals surface area contributed by atoms with Gasteiger partial charge in [-0.3, -0.25) is 9.52 Å². The van der Waals surface area contributed by atoms with Crippen LogP contribution in [-0.2, 0) is 14.8 Å². The van der Waals surface area contributed by atoms with Crippen molar-refractivity contribution >= 4 is 43.6 Å². The minimum Gasteiger partial charge on any atom is -0.378 e. The van der Waals surface area contributed by atoms with Crippen molar-refractivity contribution in [1.82, 2.24) is 0 Å². The smallest absolute Gasteiger partial charge is 0.265 e. The Bertz CT molecular complexity index is 1170. The number of benzene rings is 2. The summed E-state index contributed by atoms with van der Waals surface area (Å²) in [5.41, 5.74) is 3.16. The Labute approximate surface area is 192 Å². The van der Waals surface area contributed by atoms with Crippen molar-refractivity contribution in [3.8, 4) is 11.1 Å². The van der Waals surface area contributed by atoms with Crippen LogP contribution in [0.4, 0.5) is 16.4 Å². The third-order valence-electron chi connectivity index (χ3n) is 5.12. The van der Waals surface area contributed by atoms with E-state index in [0.717, 1.165) is 29.2 Å². The Morgan fingerprint density at radius 2 is 1.69 bits per heavy atom. The molecule has 1 aliphatic heterocycles. The molecule has 0 bridgehead atoms. The van der Waals surface area contributed by atoms with E-state index in [9.17, 15) is 13.2 Å². The van der Waals surface area contributed by atoms with Crippen LogP contribution in [0.5, 0.6) is 0 Å². The lowest BCUT2D eigenvalue weighted by molar-refractivity contribution is 0.103. The van der Waals surface area contributed by atoms with E-state index in [2.05, 4.69) is 14.9 Å². The average molecular weight is 472 g/mol. The maximum Gasteiger partial charge on any atom is 0.265 e. The van der Waals surface area contributed by atoms with Gasteiger partial charge in [0.1, 0.15) is 0 Å². The van der Waals surface area contributed by atoms with Gasteiger partial charge in [0.2, 0.25) is 10.0 Å². The highest BCUT2D eigenvalue weighted by molar-refractivity contribution is 7.92. The fourth-order valence-corrected chi connectivity index (χ4v) is 5.15. The van der Waals surface area contributed by atoms with Crippen molar-refractivity contribution in [2.45, 2.75) is 6.92 Å². The number of carbonyl (C=O) groups excluding carboxylic acids is 1. The van der Waals surface area contributed by atoms with Gasteiger partial charge < -0.3 is 15.0 Å². The van der Waals surface area contributed by atoms with Gasteiger partial charge in [-0.05, 0) is 42.8 Å². The molecule has 0 spiro atoms. The number of carbonyl (C=O) groups is 1. The molecule has 4 rings (SSSR count). The van der Waals surface area contributed by atoms with Gasteiger partial charge in [-0.2, -0.15) is 0 Å². The molecule has 32 heavy (non-hydrogen) atoms. The number of morpholine rings is 1. The third kappa shape index (κ3) is 5.29. The molecule has 0 radical (unpaired) electrons. The number of thiophene rings is 1. The zero-order chi connectivity index (χ0) is 22.6. The molecule has 9 heteroatoms. The first-order valence-electron chi connectivity index (χ1n) is 10.4. The second kappa shape index (κ2) is 9.72. The van der Waals surface area contributed by atoms with Crippen molar-refractivity contribution in [3.05, 3.63) is 65.5 Å². The van der Waals surface area contributed by atoms with E-state index in [1.165, 1.54) is 11.3 Å². The number of sulfonamides is 1. The van der Waals surface area contributed by atoms with Crippen LogP contribution in [0, 0.1) is 0 Å². The van der Waals surface area contributed by atoms with E-state index in [1.807, 2.05) is 36.4 Å². The summed E-state index contributed by atoms with van der Waals surface area (Å²) in [6.45, 7) is 4.49. The fraction of sp³-hybridized carbons (Fsp3) is 0.261. The lowest BCUT2D eigenvalue weighted by atomic mass is 10.1. The fourth-order valence-electron chi connectivity index (χ4n) is 3.39. The summed E-state index contributed by atoms with van der Waals surface area (Å²) in [6, 6.07) is 18.6. The average Bonchev–Trinajstić information content (AvgIpc) is 3.27. The standard InChI is InChI=1S/C23H25N3O4S2/c1-2-32(28,29)25-19-10-8-18(9-11-19)24-22(27)21-16-20(17-6-4-3-5-7-17)23(31-21)26-12-14-30-15-13-26/h3-11,16,25H,2,12-15H2,1H3,(H,24,27). The summed E-state index contributed by atoms with van der Waals surface area (Å²) in [6.07, 6.45) is 0. The molecule has 168 valence electrons. The van der Waals surface area contributed by atoms with Crippen LogP contribution in [0.3, 0.4) is 0 Å². The normalized spacial score (nSPS) is 14.2. The Kier molecular flexibility index (Phi) is 6.78. The SMILES string of the molecule is CCS(=O)(=O)Nc1ccc(NC(=O)c2cc(-c3ccccc3)c(N3CCOCC3)s2)cc1. The first-order chi connectivity index (χ1) is 15.4. The molecule has 2 N–H and O–H groups in total. The van der Waals surface area contributed by atoms with Crippen molar-refractivity contribution in [3.63, 3.8) is 0 Å². The molecule has 0 saturated carbocycles. The van der Waals surface area contributed by atoms with Gasteiger partial charge in [0.15, 0.2) is 0 Å². The van der Waals surface area contributed by atoms with E-state index in [-0.39, 0.29) is 11.7 Å². The molecule has 7 nitrogen and oxygen atoms in total. The van der Waals surface area contributed by atoms with E-state index >= 15 is 0 Å². The second-order valence-electron chi connectivity index (χ2n) is 7.33. The highest BCUT2D eigenvalue weighted by Gasteiger charge is 2.22. The summed E-state index contributed by atoms with van der Waals surface area (Å²) in [7, 11) is -3.34. The topological polar surface area (TPSA) is 87.7 Å². The molecule has 2 heterocycles. The van der Waals surface area contributed by atoms with Crippen molar-refractivity contribution in [2.24, 2.45) is 0 Å². The van der Waals surface area contributed by atoms with E-state index in [1.54, 1.807) is 31.2 Å². The molecule has 1 amide bonds. The summed E-state index contributed by atoms with van der Waals surface area (Å²) in [4.78, 5) is 15.9. The summed E-state index contributed by atoms with van der Waals surface area (Å²) in [5, 5.41) is 3.97. The molecule has 1 saturated heterocycles. The zero-order valence-electron chi connectivity index (χ0n) is 17.7. The van der Waals surface area contributed by atoms with Gasteiger partial charge in [-0.25, -0.2) is 8.42 Å². The highest BCUT2D eigenvalue weighted by Crippen LogP contribution is 2.39. The molecular formula is C23H25N3O4S2. The molecule has 0 aliphatic carbocycles. The molecule has 3 aromatic rings. The van der Waals surface area contributed by atoms with E-state index in [4.69, 9.17) is 4.74 Å². The lowest BCUT2D eigenvalue weighted by Crippen LogP contribution is -2.35. The third-order valence-corrected chi connectivity index (χ3v) is 7.62. The number of nitrogens with zero attached hydrogens (tertiary/aromatic N) is 1. The molecule has 0 unspecified atom stereocenters. The number of amides is 1. The van der Waals surface area contributed by atoms with Gasteiger partial charge in [0.25, 0.3) is 5.91 Å². The predicted octanol–water partition coefficient (Wildman–Crippen LogP) is 4.27. The predicted molar refractivity (Wildman–Crippen MR) is 130 cm³/mol. The molecule has 2 aromatic carbocycles. The Morgan fingerprint density at radius 3 is 2.34 bits per heavy atom. The largest absolute Gasteiger partial charge is 0.378 e.